The van der Waals surface area contributed by atoms with E-state index in [1.807, 2.05) is 20.8 Å². The summed E-state index contributed by atoms with van der Waals surface area (Å²) in [5.74, 6) is -2.42. The molecule has 0 aliphatic heterocycles. The molecule has 0 aromatic heterocycles. The predicted octanol–water partition coefficient (Wildman–Crippen LogP) is 4.76. The van der Waals surface area contributed by atoms with E-state index in [0.717, 1.165) is 6.42 Å². The molecular formula is C23H38N2O8. The Balaban J connectivity index is 6.70. The number of ether oxygens (including phenoxy) is 2. The Morgan fingerprint density at radius 3 is 1.45 bits per heavy atom. The molecule has 0 N–H and O–H groups in total. The number of hydroxylamine groups is 4. The lowest BCUT2D eigenvalue weighted by molar-refractivity contribution is -0.256. The third kappa shape index (κ3) is 9.55. The molecule has 0 spiro atoms. The number of hydrogen-bond acceptors (Lipinski definition) is 8. The number of amides is 2. The van der Waals surface area contributed by atoms with Crippen LogP contribution in [0.1, 0.15) is 68.2 Å². The zero-order valence-corrected chi connectivity index (χ0v) is 21.1. The summed E-state index contributed by atoms with van der Waals surface area (Å²) in [4.78, 5) is 60.9. The lowest BCUT2D eigenvalue weighted by atomic mass is 9.80. The van der Waals surface area contributed by atoms with Gasteiger partial charge in [-0.2, -0.15) is 0 Å². The Morgan fingerprint density at radius 2 is 1.18 bits per heavy atom. The van der Waals surface area contributed by atoms with Crippen LogP contribution in [0.4, 0.5) is 9.59 Å². The van der Waals surface area contributed by atoms with E-state index in [4.69, 9.17) is 19.1 Å². The monoisotopic (exact) mass is 470 g/mol. The number of nitrogens with zero attached hydrogens (tertiary/aromatic N) is 2. The van der Waals surface area contributed by atoms with E-state index in [1.54, 1.807) is 20.8 Å². The van der Waals surface area contributed by atoms with E-state index < -0.39 is 36.2 Å². The number of rotatable bonds is 10. The van der Waals surface area contributed by atoms with Gasteiger partial charge in [0.1, 0.15) is 0 Å². The van der Waals surface area contributed by atoms with Crippen LogP contribution in [0.2, 0.25) is 0 Å². The highest BCUT2D eigenvalue weighted by Gasteiger charge is 2.44. The fourth-order valence-corrected chi connectivity index (χ4v) is 2.79. The molecule has 10 nitrogen and oxygen atoms in total. The largest absolute Gasteiger partial charge is 0.448 e. The second-order valence-corrected chi connectivity index (χ2v) is 8.48. The van der Waals surface area contributed by atoms with Gasteiger partial charge in [0.05, 0.1) is 13.2 Å². The topological polar surface area (TPSA) is 112 Å². The average molecular weight is 471 g/mol. The molecule has 0 fully saturated rings. The van der Waals surface area contributed by atoms with Crippen molar-refractivity contribution in [3.63, 3.8) is 0 Å². The fourth-order valence-electron chi connectivity index (χ4n) is 2.79. The van der Waals surface area contributed by atoms with E-state index in [2.05, 4.69) is 13.2 Å². The van der Waals surface area contributed by atoms with Crippen LogP contribution in [0.5, 0.6) is 0 Å². The van der Waals surface area contributed by atoms with Gasteiger partial charge in [-0.3, -0.25) is 0 Å². The third-order valence-electron chi connectivity index (χ3n) is 4.78. The SMILES string of the molecule is C=C(C)C(=O)ON(C(=O)OCC)C(C(C)CC(C)(C)CC)N(OC(=O)C(=C)C)C(=O)OCC. The molecule has 0 aromatic carbocycles. The van der Waals surface area contributed by atoms with Crippen molar-refractivity contribution in [2.45, 2.75) is 74.4 Å². The minimum absolute atomic E-state index is 0.00575. The van der Waals surface area contributed by atoms with E-state index in [1.165, 1.54) is 13.8 Å². The summed E-state index contributed by atoms with van der Waals surface area (Å²) in [5, 5.41) is 1.17. The number of carbonyl (C=O) groups is 4. The summed E-state index contributed by atoms with van der Waals surface area (Å²) in [5.41, 5.74) is -0.216. The second-order valence-electron chi connectivity index (χ2n) is 8.48. The highest BCUT2D eigenvalue weighted by Crippen LogP contribution is 2.33. The van der Waals surface area contributed by atoms with Crippen molar-refractivity contribution in [2.24, 2.45) is 11.3 Å². The van der Waals surface area contributed by atoms with Crippen LogP contribution in [0.3, 0.4) is 0 Å². The Bertz CT molecular complexity index is 697. The smallest absolute Gasteiger partial charge is 0.445 e. The van der Waals surface area contributed by atoms with Gasteiger partial charge in [0.2, 0.25) is 0 Å². The van der Waals surface area contributed by atoms with Crippen LogP contribution < -0.4 is 0 Å². The van der Waals surface area contributed by atoms with Crippen molar-refractivity contribution in [1.82, 2.24) is 10.1 Å². The van der Waals surface area contributed by atoms with Gasteiger partial charge in [0, 0.05) is 17.1 Å². The van der Waals surface area contributed by atoms with Crippen LogP contribution >= 0.6 is 0 Å². The lowest BCUT2D eigenvalue weighted by Gasteiger charge is -2.40. The van der Waals surface area contributed by atoms with E-state index >= 15 is 0 Å². The van der Waals surface area contributed by atoms with Gasteiger partial charge in [-0.05, 0) is 39.5 Å². The molecule has 0 saturated carbocycles. The van der Waals surface area contributed by atoms with Crippen molar-refractivity contribution < 1.29 is 38.3 Å². The third-order valence-corrected chi connectivity index (χ3v) is 4.78. The van der Waals surface area contributed by atoms with Gasteiger partial charge >= 0.3 is 24.1 Å². The molecule has 1 atom stereocenters. The van der Waals surface area contributed by atoms with Gasteiger partial charge in [0.25, 0.3) is 0 Å². The van der Waals surface area contributed by atoms with E-state index in [0.29, 0.717) is 16.5 Å². The minimum atomic E-state index is -1.40. The summed E-state index contributed by atoms with van der Waals surface area (Å²) in [6.45, 7) is 20.6. The molecule has 0 rings (SSSR count). The normalized spacial score (nSPS) is 11.8. The maximum atomic E-state index is 12.8. The first kappa shape index (κ1) is 30.0. The maximum absolute atomic E-state index is 12.8. The van der Waals surface area contributed by atoms with Crippen molar-refractivity contribution in [3.05, 3.63) is 24.3 Å². The van der Waals surface area contributed by atoms with Crippen LogP contribution in [0, 0.1) is 11.3 Å². The molecule has 188 valence electrons. The first-order valence-electron chi connectivity index (χ1n) is 10.9. The maximum Gasteiger partial charge on any atom is 0.445 e. The molecule has 0 radical (unpaired) electrons. The number of carbonyl (C=O) groups excluding carboxylic acids is 4. The Kier molecular flexibility index (Phi) is 12.3. The second kappa shape index (κ2) is 13.5. The lowest BCUT2D eigenvalue weighted by Crippen LogP contribution is -2.57. The van der Waals surface area contributed by atoms with Crippen LogP contribution in [-0.4, -0.2) is 53.6 Å². The van der Waals surface area contributed by atoms with Gasteiger partial charge in [-0.1, -0.05) is 47.3 Å². The Morgan fingerprint density at radius 1 is 0.818 bits per heavy atom. The quantitative estimate of drug-likeness (QED) is 0.255. The van der Waals surface area contributed by atoms with Crippen LogP contribution in [0.25, 0.3) is 0 Å². The zero-order valence-electron chi connectivity index (χ0n) is 21.1. The molecule has 0 aliphatic carbocycles. The molecule has 33 heavy (non-hydrogen) atoms. The molecule has 0 aromatic rings. The molecular weight excluding hydrogens is 432 g/mol. The van der Waals surface area contributed by atoms with E-state index in [-0.39, 0.29) is 29.8 Å². The van der Waals surface area contributed by atoms with Crippen molar-refractivity contribution >= 4 is 24.1 Å². The molecule has 0 aliphatic rings. The highest BCUT2D eigenvalue weighted by atomic mass is 16.8. The van der Waals surface area contributed by atoms with Crippen molar-refractivity contribution in [1.29, 1.82) is 0 Å². The first-order valence-corrected chi connectivity index (χ1v) is 10.9. The average Bonchev–Trinajstić information content (AvgIpc) is 2.71. The molecule has 1 unspecified atom stereocenters. The van der Waals surface area contributed by atoms with Crippen molar-refractivity contribution in [3.8, 4) is 0 Å². The molecule has 0 saturated heterocycles. The van der Waals surface area contributed by atoms with Gasteiger partial charge in [-0.15, -0.1) is 10.1 Å². The Hall–Kier alpha value is -3.04. The summed E-state index contributed by atoms with van der Waals surface area (Å²) in [7, 11) is 0. The standard InChI is InChI=1S/C23H38N2O8/c1-11-23(9,10)14-17(8)18(24(21(28)30-12-2)32-19(26)15(4)5)25(22(29)31-13-3)33-20(27)16(6)7/h17-18H,4,6,11-14H2,1-3,5,7-10H3. The summed E-state index contributed by atoms with van der Waals surface area (Å²) in [6.07, 6.45) is -2.28. The van der Waals surface area contributed by atoms with Gasteiger partial charge in [0.15, 0.2) is 6.17 Å². The van der Waals surface area contributed by atoms with Crippen LogP contribution in [-0.2, 0) is 28.7 Å². The van der Waals surface area contributed by atoms with E-state index in [9.17, 15) is 19.2 Å². The molecule has 0 bridgehead atoms. The molecule has 2 amide bonds. The first-order chi connectivity index (χ1) is 15.2. The van der Waals surface area contributed by atoms with Crippen molar-refractivity contribution in [2.75, 3.05) is 13.2 Å². The molecule has 10 heteroatoms. The molecule has 0 heterocycles. The predicted molar refractivity (Wildman–Crippen MR) is 121 cm³/mol. The summed E-state index contributed by atoms with van der Waals surface area (Å²) < 4.78 is 10.1. The zero-order chi connectivity index (χ0) is 25.9. The summed E-state index contributed by atoms with van der Waals surface area (Å²) in [6, 6.07) is 0. The van der Waals surface area contributed by atoms with Gasteiger partial charge in [-0.25, -0.2) is 19.2 Å². The van der Waals surface area contributed by atoms with Crippen LogP contribution in [0.15, 0.2) is 24.3 Å². The Labute approximate surface area is 196 Å². The highest BCUT2D eigenvalue weighted by molar-refractivity contribution is 5.88. The van der Waals surface area contributed by atoms with Gasteiger partial charge < -0.3 is 19.1 Å². The number of hydrogen-bond donors (Lipinski definition) is 0. The fraction of sp³-hybridized carbons (Fsp3) is 0.652. The summed E-state index contributed by atoms with van der Waals surface area (Å²) >= 11 is 0. The minimum Gasteiger partial charge on any atom is -0.448 e.